The lowest BCUT2D eigenvalue weighted by molar-refractivity contribution is 0.442. The highest BCUT2D eigenvalue weighted by molar-refractivity contribution is 14.1. The maximum absolute atomic E-state index is 12.4. The fourth-order valence-corrected chi connectivity index (χ4v) is 7.48. The van der Waals surface area contributed by atoms with Crippen LogP contribution in [0.15, 0.2) is 15.8 Å². The predicted molar refractivity (Wildman–Crippen MR) is 115 cm³/mol. The summed E-state index contributed by atoms with van der Waals surface area (Å²) in [5.41, 5.74) is 1.65. The van der Waals surface area contributed by atoms with E-state index in [-0.39, 0.29) is 11.1 Å². The molecule has 0 saturated carbocycles. The molecule has 1 aromatic heterocycles. The predicted octanol–water partition coefficient (Wildman–Crippen LogP) is 4.11. The molecule has 1 atom stereocenters. The first-order valence-corrected chi connectivity index (χ1v) is 11.4. The third kappa shape index (κ3) is 2.78. The topological polar surface area (TPSA) is 41.4 Å². The van der Waals surface area contributed by atoms with Crippen molar-refractivity contribution in [1.29, 1.82) is 0 Å². The van der Waals surface area contributed by atoms with Crippen LogP contribution in [0.25, 0.3) is 10.9 Å². The maximum atomic E-state index is 12.4. The molecular formula is C13H11ClI2N4OS2. The van der Waals surface area contributed by atoms with Crippen LogP contribution in [0.5, 0.6) is 0 Å². The molecule has 4 rings (SSSR count). The molecule has 2 aliphatic heterocycles. The van der Waals surface area contributed by atoms with Gasteiger partial charge in [-0.15, -0.1) is 0 Å². The van der Waals surface area contributed by atoms with E-state index in [1.54, 1.807) is 24.4 Å². The number of hydrogen-bond acceptors (Lipinski definition) is 6. The third-order valence-electron chi connectivity index (χ3n) is 3.99. The summed E-state index contributed by atoms with van der Waals surface area (Å²) in [5.74, 6) is 0.779. The minimum atomic E-state index is -0.228. The summed E-state index contributed by atoms with van der Waals surface area (Å²) in [7, 11) is 3.49. The van der Waals surface area contributed by atoms with Gasteiger partial charge in [0.2, 0.25) is 0 Å². The Kier molecular flexibility index (Phi) is 4.72. The number of halogens is 3. The van der Waals surface area contributed by atoms with E-state index in [1.165, 1.54) is 0 Å². The van der Waals surface area contributed by atoms with E-state index in [4.69, 9.17) is 11.6 Å². The molecule has 122 valence electrons. The Morgan fingerprint density at radius 2 is 2.17 bits per heavy atom. The summed E-state index contributed by atoms with van der Waals surface area (Å²) < 4.78 is 3.87. The van der Waals surface area contributed by atoms with Crippen LogP contribution in [0.1, 0.15) is 5.56 Å². The molecule has 1 unspecified atom stereocenters. The van der Waals surface area contributed by atoms with Crippen molar-refractivity contribution in [3.8, 4) is 0 Å². The van der Waals surface area contributed by atoms with Crippen LogP contribution >= 0.6 is 78.9 Å². The van der Waals surface area contributed by atoms with Gasteiger partial charge in [-0.3, -0.25) is 0 Å². The Labute approximate surface area is 173 Å². The molecule has 1 saturated heterocycles. The van der Waals surface area contributed by atoms with Crippen molar-refractivity contribution < 1.29 is 0 Å². The average Bonchev–Trinajstić information content (AvgIpc) is 2.67. The molecule has 1 aromatic carbocycles. The molecule has 2 aromatic rings. The van der Waals surface area contributed by atoms with Gasteiger partial charge in [-0.25, -0.2) is 10.7 Å². The largest absolute Gasteiger partial charge is 0.359 e. The summed E-state index contributed by atoms with van der Waals surface area (Å²) >= 11 is 11.0. The van der Waals surface area contributed by atoms with E-state index < -0.39 is 0 Å². The van der Waals surface area contributed by atoms with E-state index in [0.29, 0.717) is 0 Å². The van der Waals surface area contributed by atoms with E-state index in [0.717, 1.165) is 51.8 Å². The van der Waals surface area contributed by atoms with Gasteiger partial charge in [0, 0.05) is 42.5 Å². The summed E-state index contributed by atoms with van der Waals surface area (Å²) in [6, 6.07) is 1.99. The summed E-state index contributed by atoms with van der Waals surface area (Å²) in [5, 5.41) is 2.02. The van der Waals surface area contributed by atoms with Crippen LogP contribution < -0.4 is 10.6 Å². The molecule has 0 amide bonds. The van der Waals surface area contributed by atoms with Gasteiger partial charge < -0.3 is 4.90 Å². The second kappa shape index (κ2) is 6.38. The second-order valence-electron chi connectivity index (χ2n) is 5.43. The Hall–Kier alpha value is 0.570. The molecule has 10 heteroatoms. The van der Waals surface area contributed by atoms with Crippen molar-refractivity contribution in [2.75, 3.05) is 24.5 Å². The van der Waals surface area contributed by atoms with E-state index in [2.05, 4.69) is 35.9 Å². The van der Waals surface area contributed by atoms with Crippen molar-refractivity contribution >= 4 is 95.6 Å². The smallest absolute Gasteiger partial charge is 0.340 e. The molecule has 23 heavy (non-hydrogen) atoms. The molecule has 0 aliphatic carbocycles. The average molecular weight is 593 g/mol. The van der Waals surface area contributed by atoms with Crippen molar-refractivity contribution in [2.24, 2.45) is 0 Å². The van der Waals surface area contributed by atoms with Crippen LogP contribution in [0.4, 0.5) is 5.82 Å². The first kappa shape index (κ1) is 17.0. The Morgan fingerprint density at radius 3 is 2.96 bits per heavy atom. The quantitative estimate of drug-likeness (QED) is 0.261. The van der Waals surface area contributed by atoms with Gasteiger partial charge in [0.25, 0.3) is 0 Å². The highest BCUT2D eigenvalue weighted by atomic mass is 127. The number of aromatic nitrogens is 2. The highest BCUT2D eigenvalue weighted by Crippen LogP contribution is 2.51. The molecule has 0 N–H and O–H groups in total. The fourth-order valence-electron chi connectivity index (χ4n) is 2.84. The standard InChI is InChI=1S/C13H11ClI2N4OS2/c1-6-4-7-9-11(10(6)14)23-22-8-5-18(15)2-3-19(8)12(9)17-13(21)20(7)16/h4,8H,2-3,5H2,1H3. The lowest BCUT2D eigenvalue weighted by atomic mass is 10.1. The number of piperazine rings is 1. The van der Waals surface area contributed by atoms with E-state index in [1.807, 2.05) is 35.9 Å². The Bertz CT molecular complexity index is 877. The fraction of sp³-hybridized carbons (Fsp3) is 0.385. The first-order chi connectivity index (χ1) is 11.0. The number of fused-ring (bicyclic) bond motifs is 2. The maximum Gasteiger partial charge on any atom is 0.359 e. The van der Waals surface area contributed by atoms with Gasteiger partial charge in [0.05, 0.1) is 43.7 Å². The summed E-state index contributed by atoms with van der Waals surface area (Å²) in [6.45, 7) is 4.72. The number of rotatable bonds is 0. The zero-order valence-electron chi connectivity index (χ0n) is 11.9. The highest BCUT2D eigenvalue weighted by Gasteiger charge is 2.34. The van der Waals surface area contributed by atoms with E-state index >= 15 is 0 Å². The molecule has 3 heterocycles. The second-order valence-corrected chi connectivity index (χ2v) is 10.5. The number of benzene rings is 1. The molecule has 1 fully saturated rings. The van der Waals surface area contributed by atoms with Crippen molar-refractivity contribution in [3.05, 3.63) is 27.1 Å². The van der Waals surface area contributed by atoms with Crippen LogP contribution in [0.2, 0.25) is 5.02 Å². The van der Waals surface area contributed by atoms with Crippen molar-refractivity contribution in [3.63, 3.8) is 0 Å². The number of aryl methyl sites for hydroxylation is 1. The van der Waals surface area contributed by atoms with E-state index in [9.17, 15) is 4.79 Å². The van der Waals surface area contributed by atoms with Crippen LogP contribution in [0.3, 0.4) is 0 Å². The van der Waals surface area contributed by atoms with Crippen LogP contribution in [-0.4, -0.2) is 35.9 Å². The van der Waals surface area contributed by atoms with Gasteiger partial charge in [-0.1, -0.05) is 33.2 Å². The molecule has 0 spiro atoms. The summed E-state index contributed by atoms with van der Waals surface area (Å²) in [6.07, 6.45) is 0. The summed E-state index contributed by atoms with van der Waals surface area (Å²) in [4.78, 5) is 20.0. The molecule has 0 radical (unpaired) electrons. The minimum absolute atomic E-state index is 0.228. The van der Waals surface area contributed by atoms with Gasteiger partial charge in [-0.05, 0) is 18.6 Å². The Morgan fingerprint density at radius 1 is 1.39 bits per heavy atom. The van der Waals surface area contributed by atoms with Crippen molar-refractivity contribution in [1.82, 2.24) is 10.9 Å². The first-order valence-electron chi connectivity index (χ1n) is 6.90. The zero-order valence-corrected chi connectivity index (χ0v) is 18.6. The molecule has 0 bridgehead atoms. The van der Waals surface area contributed by atoms with Gasteiger partial charge in [0.15, 0.2) is 0 Å². The van der Waals surface area contributed by atoms with Crippen molar-refractivity contribution in [2.45, 2.75) is 17.2 Å². The van der Waals surface area contributed by atoms with Crippen LogP contribution in [0, 0.1) is 6.92 Å². The zero-order chi connectivity index (χ0) is 16.3. The van der Waals surface area contributed by atoms with Gasteiger partial charge in [-0.2, -0.15) is 4.98 Å². The SMILES string of the molecule is Cc1cc2c3c(nc(=O)n2I)N2CCN(I)CC2SSc3c1Cl. The number of anilines is 1. The normalized spacial score (nSPS) is 21.4. The molecule has 2 aliphatic rings. The van der Waals surface area contributed by atoms with Crippen LogP contribution in [-0.2, 0) is 0 Å². The molecule has 5 nitrogen and oxygen atoms in total. The molecular weight excluding hydrogens is 582 g/mol. The monoisotopic (exact) mass is 592 g/mol. The number of nitrogens with zero attached hydrogens (tertiary/aromatic N) is 4. The lowest BCUT2D eigenvalue weighted by Gasteiger charge is -2.38. The number of hydrogen-bond donors (Lipinski definition) is 0. The van der Waals surface area contributed by atoms with Gasteiger partial charge >= 0.3 is 5.69 Å². The lowest BCUT2D eigenvalue weighted by Crippen LogP contribution is -2.48. The Balaban J connectivity index is 2.06. The third-order valence-corrected chi connectivity index (χ3v) is 9.15. The van der Waals surface area contributed by atoms with Gasteiger partial charge in [0.1, 0.15) is 11.2 Å². The minimum Gasteiger partial charge on any atom is -0.340 e.